The molecule has 0 fully saturated rings. The number of nitrogens with one attached hydrogen (secondary N) is 2. The second-order valence-electron chi connectivity index (χ2n) is 6.89. The van der Waals surface area contributed by atoms with Gasteiger partial charge in [-0.3, -0.25) is 19.4 Å². The normalized spacial score (nSPS) is 15.4. The Morgan fingerprint density at radius 1 is 0.966 bits per heavy atom. The first-order valence-electron chi connectivity index (χ1n) is 9.32. The Morgan fingerprint density at radius 3 is 2.48 bits per heavy atom. The van der Waals surface area contributed by atoms with Crippen LogP contribution in [0.2, 0.25) is 0 Å². The molecule has 144 valence electrons. The standard InChI is InChI=1S/C23H19N3O3/c27-21-18-13-17(22(28)25-14-16-8-10-24-11-9-16)6-7-20(18)26-23(29)19(21)12-15-4-2-1-3-5-15/h1-11,13,19H,12,14H2,(H,25,28)(H,26,29). The number of pyridine rings is 1. The van der Waals surface area contributed by atoms with Crippen LogP contribution in [0.5, 0.6) is 0 Å². The quantitative estimate of drug-likeness (QED) is 0.661. The molecule has 6 nitrogen and oxygen atoms in total. The Kier molecular flexibility index (Phi) is 5.16. The molecule has 0 spiro atoms. The molecule has 0 bridgehead atoms. The second-order valence-corrected chi connectivity index (χ2v) is 6.89. The number of carbonyl (C=O) groups excluding carboxylic acids is 3. The first kappa shape index (κ1) is 18.6. The van der Waals surface area contributed by atoms with Gasteiger partial charge in [0.1, 0.15) is 5.92 Å². The molecular formula is C23H19N3O3. The smallest absolute Gasteiger partial charge is 0.251 e. The fourth-order valence-electron chi connectivity index (χ4n) is 3.35. The second kappa shape index (κ2) is 8.06. The lowest BCUT2D eigenvalue weighted by Gasteiger charge is -2.24. The molecular weight excluding hydrogens is 366 g/mol. The van der Waals surface area contributed by atoms with Crippen LogP contribution < -0.4 is 10.6 Å². The fourth-order valence-corrected chi connectivity index (χ4v) is 3.35. The number of nitrogens with zero attached hydrogens (tertiary/aromatic N) is 1. The van der Waals surface area contributed by atoms with Crippen molar-refractivity contribution < 1.29 is 14.4 Å². The highest BCUT2D eigenvalue weighted by molar-refractivity contribution is 6.21. The molecule has 1 aliphatic rings. The number of carbonyl (C=O) groups is 3. The van der Waals surface area contributed by atoms with Crippen molar-refractivity contribution in [3.05, 3.63) is 95.3 Å². The number of hydrogen-bond donors (Lipinski definition) is 2. The number of rotatable bonds is 5. The van der Waals surface area contributed by atoms with Gasteiger partial charge in [0.05, 0.1) is 5.69 Å². The summed E-state index contributed by atoms with van der Waals surface area (Å²) in [7, 11) is 0. The van der Waals surface area contributed by atoms with Crippen molar-refractivity contribution in [2.45, 2.75) is 13.0 Å². The van der Waals surface area contributed by atoms with Gasteiger partial charge < -0.3 is 10.6 Å². The monoisotopic (exact) mass is 385 g/mol. The van der Waals surface area contributed by atoms with Crippen LogP contribution in [0.15, 0.2) is 73.1 Å². The first-order valence-corrected chi connectivity index (χ1v) is 9.32. The number of Topliss-reactive ketones (excluding diaryl/α,β-unsaturated/α-hetero) is 1. The van der Waals surface area contributed by atoms with E-state index in [1.54, 1.807) is 30.6 Å². The van der Waals surface area contributed by atoms with Crippen LogP contribution in [0.1, 0.15) is 31.8 Å². The van der Waals surface area contributed by atoms with E-state index < -0.39 is 5.92 Å². The van der Waals surface area contributed by atoms with Gasteiger partial charge in [0, 0.05) is 30.1 Å². The molecule has 2 aromatic carbocycles. The zero-order valence-corrected chi connectivity index (χ0v) is 15.6. The Bertz CT molecular complexity index is 1070. The van der Waals surface area contributed by atoms with E-state index in [-0.39, 0.29) is 17.6 Å². The summed E-state index contributed by atoms with van der Waals surface area (Å²) in [4.78, 5) is 41.9. The van der Waals surface area contributed by atoms with Crippen molar-refractivity contribution in [2.75, 3.05) is 5.32 Å². The number of anilines is 1. The Hall–Kier alpha value is -3.80. The summed E-state index contributed by atoms with van der Waals surface area (Å²) in [5, 5.41) is 5.62. The van der Waals surface area contributed by atoms with Gasteiger partial charge in [0.15, 0.2) is 5.78 Å². The molecule has 1 unspecified atom stereocenters. The van der Waals surface area contributed by atoms with E-state index in [2.05, 4.69) is 15.6 Å². The predicted molar refractivity (Wildman–Crippen MR) is 108 cm³/mol. The van der Waals surface area contributed by atoms with E-state index in [1.807, 2.05) is 42.5 Å². The summed E-state index contributed by atoms with van der Waals surface area (Å²) in [6.07, 6.45) is 3.65. The molecule has 0 saturated carbocycles. The number of ketones is 1. The maximum atomic E-state index is 13.0. The topological polar surface area (TPSA) is 88.2 Å². The largest absolute Gasteiger partial charge is 0.348 e. The van der Waals surface area contributed by atoms with E-state index in [9.17, 15) is 14.4 Å². The van der Waals surface area contributed by atoms with Crippen LogP contribution in [-0.2, 0) is 17.8 Å². The molecule has 2 N–H and O–H groups in total. The number of benzene rings is 2. The van der Waals surface area contributed by atoms with E-state index in [0.717, 1.165) is 11.1 Å². The van der Waals surface area contributed by atoms with Crippen molar-refractivity contribution in [1.82, 2.24) is 10.3 Å². The lowest BCUT2D eigenvalue weighted by atomic mass is 9.86. The average molecular weight is 385 g/mol. The summed E-state index contributed by atoms with van der Waals surface area (Å²) in [6, 6.07) is 17.8. The highest BCUT2D eigenvalue weighted by Gasteiger charge is 2.34. The summed E-state index contributed by atoms with van der Waals surface area (Å²) in [5.74, 6) is -1.67. The fraction of sp³-hybridized carbons (Fsp3) is 0.130. The molecule has 0 saturated heterocycles. The Balaban J connectivity index is 1.52. The zero-order chi connectivity index (χ0) is 20.2. The lowest BCUT2D eigenvalue weighted by molar-refractivity contribution is -0.118. The van der Waals surface area contributed by atoms with Crippen molar-refractivity contribution in [1.29, 1.82) is 0 Å². The van der Waals surface area contributed by atoms with Gasteiger partial charge in [0.2, 0.25) is 5.91 Å². The third-order valence-corrected chi connectivity index (χ3v) is 4.92. The first-order chi connectivity index (χ1) is 14.1. The lowest BCUT2D eigenvalue weighted by Crippen LogP contribution is -2.37. The highest BCUT2D eigenvalue weighted by atomic mass is 16.2. The Morgan fingerprint density at radius 2 is 1.72 bits per heavy atom. The number of amides is 2. The SMILES string of the molecule is O=C(NCc1ccncc1)c1ccc2c(c1)C(=O)C(Cc1ccccc1)C(=O)N2. The van der Waals surface area contributed by atoms with Crippen molar-refractivity contribution in [2.24, 2.45) is 5.92 Å². The number of hydrogen-bond acceptors (Lipinski definition) is 4. The van der Waals surface area contributed by atoms with Gasteiger partial charge in [-0.25, -0.2) is 0 Å². The highest BCUT2D eigenvalue weighted by Crippen LogP contribution is 2.28. The van der Waals surface area contributed by atoms with Crippen LogP contribution in [-0.4, -0.2) is 22.6 Å². The van der Waals surface area contributed by atoms with Gasteiger partial charge in [-0.2, -0.15) is 0 Å². The van der Waals surface area contributed by atoms with Gasteiger partial charge in [0.25, 0.3) is 5.91 Å². The molecule has 4 rings (SSSR count). The molecule has 29 heavy (non-hydrogen) atoms. The molecule has 0 aliphatic carbocycles. The minimum absolute atomic E-state index is 0.267. The maximum Gasteiger partial charge on any atom is 0.251 e. The van der Waals surface area contributed by atoms with E-state index >= 15 is 0 Å². The molecule has 2 heterocycles. The third-order valence-electron chi connectivity index (χ3n) is 4.92. The molecule has 1 aromatic heterocycles. The Labute approximate surface area is 168 Å². The molecule has 1 atom stereocenters. The minimum atomic E-state index is -0.806. The third kappa shape index (κ3) is 4.06. The van der Waals surface area contributed by atoms with Crippen LogP contribution in [0.3, 0.4) is 0 Å². The van der Waals surface area contributed by atoms with Gasteiger partial charge in [-0.15, -0.1) is 0 Å². The van der Waals surface area contributed by atoms with Crippen LogP contribution in [0.25, 0.3) is 0 Å². The van der Waals surface area contributed by atoms with E-state index in [4.69, 9.17) is 0 Å². The predicted octanol–water partition coefficient (Wildman–Crippen LogP) is 3.01. The minimum Gasteiger partial charge on any atom is -0.348 e. The van der Waals surface area contributed by atoms with E-state index in [1.165, 1.54) is 0 Å². The molecule has 0 radical (unpaired) electrons. The van der Waals surface area contributed by atoms with Crippen LogP contribution >= 0.6 is 0 Å². The summed E-state index contributed by atoms with van der Waals surface area (Å²) in [5.41, 5.74) is 3.02. The number of fused-ring (bicyclic) bond motifs is 1. The molecule has 2 amide bonds. The van der Waals surface area contributed by atoms with Crippen molar-refractivity contribution >= 4 is 23.3 Å². The van der Waals surface area contributed by atoms with Crippen molar-refractivity contribution in [3.63, 3.8) is 0 Å². The van der Waals surface area contributed by atoms with Gasteiger partial charge in [-0.05, 0) is 47.9 Å². The average Bonchev–Trinajstić information content (AvgIpc) is 2.76. The summed E-state index contributed by atoms with van der Waals surface area (Å²) >= 11 is 0. The zero-order valence-electron chi connectivity index (χ0n) is 15.6. The summed E-state index contributed by atoms with van der Waals surface area (Å²) in [6.45, 7) is 0.361. The van der Waals surface area contributed by atoms with Crippen LogP contribution in [0, 0.1) is 5.92 Å². The maximum absolute atomic E-state index is 13.0. The van der Waals surface area contributed by atoms with E-state index in [0.29, 0.717) is 29.8 Å². The van der Waals surface area contributed by atoms with Crippen molar-refractivity contribution in [3.8, 4) is 0 Å². The van der Waals surface area contributed by atoms with Crippen LogP contribution in [0.4, 0.5) is 5.69 Å². The van der Waals surface area contributed by atoms with Gasteiger partial charge in [-0.1, -0.05) is 30.3 Å². The van der Waals surface area contributed by atoms with Gasteiger partial charge >= 0.3 is 0 Å². The number of aromatic nitrogens is 1. The molecule has 6 heteroatoms. The molecule has 3 aromatic rings. The molecule has 1 aliphatic heterocycles. The summed E-state index contributed by atoms with van der Waals surface area (Å²) < 4.78 is 0.